The van der Waals surface area contributed by atoms with Crippen molar-refractivity contribution in [2.75, 3.05) is 6.54 Å². The van der Waals surface area contributed by atoms with Gasteiger partial charge in [0.25, 0.3) is 5.82 Å². The van der Waals surface area contributed by atoms with E-state index in [1.807, 2.05) is 38.6 Å². The number of azo groups is 1. The quantitative estimate of drug-likeness (QED) is 0.447. The fourth-order valence-corrected chi connectivity index (χ4v) is 2.03. The first-order chi connectivity index (χ1) is 9.22. The fourth-order valence-electron chi connectivity index (χ4n) is 2.03. The molecule has 0 aliphatic carbocycles. The van der Waals surface area contributed by atoms with E-state index in [0.29, 0.717) is 0 Å². The molecule has 0 saturated carbocycles. The third kappa shape index (κ3) is 3.28. The maximum absolute atomic E-state index is 4.22. The Hall–Kier alpha value is -1.97. The number of unbranched alkanes of at least 4 members (excludes halogenated alkanes) is 1. The molecule has 0 fully saturated rings. The number of benzene rings is 1. The van der Waals surface area contributed by atoms with Crippen molar-refractivity contribution in [3.63, 3.8) is 0 Å². The van der Waals surface area contributed by atoms with Crippen LogP contribution in [0.4, 0.5) is 5.69 Å². The summed E-state index contributed by atoms with van der Waals surface area (Å²) in [6.45, 7) is 2.97. The summed E-state index contributed by atoms with van der Waals surface area (Å²) in [4.78, 5) is 0. The zero-order valence-electron chi connectivity index (χ0n) is 11.9. The lowest BCUT2D eigenvalue weighted by Crippen LogP contribution is -2.28. The molecule has 19 heavy (non-hydrogen) atoms. The Bertz CT molecular complexity index is 533. The number of imidazole rings is 1. The highest BCUT2D eigenvalue weighted by molar-refractivity contribution is 5.56. The van der Waals surface area contributed by atoms with Gasteiger partial charge in [0.1, 0.15) is 12.4 Å². The zero-order valence-corrected chi connectivity index (χ0v) is 11.9. The summed E-state index contributed by atoms with van der Waals surface area (Å²) in [6, 6.07) is 8.20. The number of nitrogens with zero attached hydrogens (tertiary/aromatic N) is 4. The Labute approximate surface area is 114 Å². The molecule has 100 valence electrons. The van der Waals surface area contributed by atoms with E-state index in [4.69, 9.17) is 0 Å². The summed E-state index contributed by atoms with van der Waals surface area (Å²) in [7, 11) is 4.10. The fraction of sp³-hybridized carbons (Fsp3) is 0.400. The summed E-state index contributed by atoms with van der Waals surface area (Å²) in [5.74, 6) is 1.18. The third-order valence-electron chi connectivity index (χ3n) is 3.11. The van der Waals surface area contributed by atoms with Gasteiger partial charge in [0, 0.05) is 0 Å². The molecule has 0 N–H and O–H groups in total. The lowest BCUT2D eigenvalue weighted by Gasteiger charge is -1.99. The van der Waals surface area contributed by atoms with Gasteiger partial charge in [-0.2, -0.15) is 10.2 Å². The molecule has 1 aromatic heterocycles. The van der Waals surface area contributed by atoms with Crippen LogP contribution in [-0.2, 0) is 14.1 Å². The molecule has 0 saturated heterocycles. The summed E-state index contributed by atoms with van der Waals surface area (Å²) in [5.41, 5.74) is 2.10. The highest BCUT2D eigenvalue weighted by Gasteiger charge is 2.13. The second-order valence-corrected chi connectivity index (χ2v) is 4.71. The van der Waals surface area contributed by atoms with Crippen LogP contribution in [0.1, 0.15) is 19.8 Å². The molecule has 2 aromatic rings. The van der Waals surface area contributed by atoms with E-state index in [0.717, 1.165) is 25.1 Å². The molecule has 0 atom stereocenters. The lowest BCUT2D eigenvalue weighted by atomic mass is 10.2. The van der Waals surface area contributed by atoms with E-state index in [1.165, 1.54) is 11.4 Å². The zero-order chi connectivity index (χ0) is 13.7. The van der Waals surface area contributed by atoms with Crippen LogP contribution in [0, 0.1) is 0 Å². The normalized spacial score (nSPS) is 11.3. The Kier molecular flexibility index (Phi) is 4.44. The van der Waals surface area contributed by atoms with Crippen molar-refractivity contribution in [1.82, 2.24) is 4.57 Å². The van der Waals surface area contributed by atoms with Crippen molar-refractivity contribution < 1.29 is 4.57 Å². The molecule has 0 bridgehead atoms. The number of aryl methyl sites for hydroxylation is 2. The van der Waals surface area contributed by atoms with Gasteiger partial charge in [-0.1, -0.05) is 13.3 Å². The Balaban J connectivity index is 2.13. The van der Waals surface area contributed by atoms with Crippen LogP contribution < -0.4 is 4.57 Å². The predicted octanol–water partition coefficient (Wildman–Crippen LogP) is 3.40. The van der Waals surface area contributed by atoms with Gasteiger partial charge >= 0.3 is 0 Å². The van der Waals surface area contributed by atoms with Crippen LogP contribution in [0.5, 0.6) is 0 Å². The highest BCUT2D eigenvalue weighted by atomic mass is 15.1. The van der Waals surface area contributed by atoms with Crippen molar-refractivity contribution in [3.05, 3.63) is 36.7 Å². The first-order valence-electron chi connectivity index (χ1n) is 6.71. The van der Waals surface area contributed by atoms with Gasteiger partial charge in [-0.05, 0) is 30.7 Å². The Morgan fingerprint density at radius 1 is 1.21 bits per heavy atom. The van der Waals surface area contributed by atoms with Crippen molar-refractivity contribution in [2.45, 2.75) is 19.8 Å². The third-order valence-corrected chi connectivity index (χ3v) is 3.11. The van der Waals surface area contributed by atoms with Crippen LogP contribution >= 0.6 is 0 Å². The Morgan fingerprint density at radius 2 is 1.95 bits per heavy atom. The van der Waals surface area contributed by atoms with Gasteiger partial charge in [0.15, 0.2) is 0 Å². The summed E-state index contributed by atoms with van der Waals surface area (Å²) in [5, 5.41) is 8.40. The van der Waals surface area contributed by atoms with Gasteiger partial charge < -0.3 is 0 Å². The van der Waals surface area contributed by atoms with E-state index in [-0.39, 0.29) is 0 Å². The van der Waals surface area contributed by atoms with Gasteiger partial charge in [-0.3, -0.25) is 0 Å². The van der Waals surface area contributed by atoms with E-state index < -0.39 is 0 Å². The molecular formula is C15H21N4+. The van der Waals surface area contributed by atoms with E-state index in [9.17, 15) is 0 Å². The van der Waals surface area contributed by atoms with Gasteiger partial charge in [-0.25, -0.2) is 9.13 Å². The summed E-state index contributed by atoms with van der Waals surface area (Å²) >= 11 is 0. The molecule has 0 spiro atoms. The van der Waals surface area contributed by atoms with Crippen LogP contribution in [0.15, 0.2) is 46.9 Å². The van der Waals surface area contributed by atoms with Crippen LogP contribution in [0.3, 0.4) is 0 Å². The number of hydrogen-bond acceptors (Lipinski definition) is 2. The average Bonchev–Trinajstić information content (AvgIpc) is 2.75. The molecule has 0 aliphatic heterocycles. The lowest BCUT2D eigenvalue weighted by molar-refractivity contribution is -0.659. The molecule has 4 heteroatoms. The van der Waals surface area contributed by atoms with Crippen molar-refractivity contribution in [3.8, 4) is 11.4 Å². The van der Waals surface area contributed by atoms with Gasteiger partial charge in [-0.15, -0.1) is 0 Å². The maximum atomic E-state index is 4.22. The summed E-state index contributed by atoms with van der Waals surface area (Å²) < 4.78 is 4.22. The second kappa shape index (κ2) is 6.27. The monoisotopic (exact) mass is 257 g/mol. The van der Waals surface area contributed by atoms with E-state index in [1.54, 1.807) is 0 Å². The largest absolute Gasteiger partial charge is 0.288 e. The highest BCUT2D eigenvalue weighted by Crippen LogP contribution is 2.20. The van der Waals surface area contributed by atoms with E-state index >= 15 is 0 Å². The first-order valence-corrected chi connectivity index (χ1v) is 6.71. The minimum absolute atomic E-state index is 0.811. The molecule has 0 unspecified atom stereocenters. The smallest absolute Gasteiger partial charge is 0.233 e. The van der Waals surface area contributed by atoms with Crippen molar-refractivity contribution in [1.29, 1.82) is 0 Å². The van der Waals surface area contributed by atoms with Crippen LogP contribution in [-0.4, -0.2) is 11.1 Å². The van der Waals surface area contributed by atoms with Gasteiger partial charge in [0.2, 0.25) is 0 Å². The minimum Gasteiger partial charge on any atom is -0.233 e. The van der Waals surface area contributed by atoms with Crippen molar-refractivity contribution >= 4 is 5.69 Å². The molecular weight excluding hydrogens is 236 g/mol. The molecule has 1 heterocycles. The van der Waals surface area contributed by atoms with E-state index in [2.05, 4.69) is 38.4 Å². The number of rotatable bonds is 5. The predicted molar refractivity (Wildman–Crippen MR) is 76.3 cm³/mol. The Morgan fingerprint density at radius 3 is 2.53 bits per heavy atom. The molecule has 2 rings (SSSR count). The number of hydrogen-bond donors (Lipinski definition) is 0. The van der Waals surface area contributed by atoms with Crippen LogP contribution in [0.25, 0.3) is 11.4 Å². The van der Waals surface area contributed by atoms with Crippen molar-refractivity contribution in [2.24, 2.45) is 24.3 Å². The SMILES string of the molecule is CCCCN=Nc1ccc(-c2n(C)cc[n+]2C)cc1. The maximum Gasteiger partial charge on any atom is 0.288 e. The molecule has 0 amide bonds. The molecule has 0 aliphatic rings. The molecule has 0 radical (unpaired) electrons. The van der Waals surface area contributed by atoms with Crippen LogP contribution in [0.2, 0.25) is 0 Å². The van der Waals surface area contributed by atoms with Gasteiger partial charge in [0.05, 0.1) is 31.9 Å². The standard InChI is InChI=1S/C15H21N4/c1-4-5-10-16-17-14-8-6-13(7-9-14)15-18(2)11-12-19(15)3/h6-9,11-12H,4-5,10H2,1-3H3/q+1. The second-order valence-electron chi connectivity index (χ2n) is 4.71. The number of aromatic nitrogens is 2. The molecule has 4 nitrogen and oxygen atoms in total. The summed E-state index contributed by atoms with van der Waals surface area (Å²) in [6.07, 6.45) is 6.35. The topological polar surface area (TPSA) is 33.5 Å². The molecule has 1 aromatic carbocycles. The minimum atomic E-state index is 0.811. The first kappa shape index (κ1) is 13.5. The average molecular weight is 257 g/mol.